The second kappa shape index (κ2) is 5.67. The van der Waals surface area contributed by atoms with Gasteiger partial charge in [0.2, 0.25) is 5.91 Å². The van der Waals surface area contributed by atoms with Crippen molar-refractivity contribution >= 4 is 23.6 Å². The number of β-lactam (4-membered cyclic amide) rings is 1. The van der Waals surface area contributed by atoms with Crippen LogP contribution in [0, 0.1) is 5.41 Å². The van der Waals surface area contributed by atoms with Crippen molar-refractivity contribution in [2.24, 2.45) is 5.41 Å². The molecule has 0 saturated carbocycles. The molecule has 0 aromatic rings. The second-order valence-electron chi connectivity index (χ2n) is 7.33. The first-order valence-corrected chi connectivity index (χ1v) is 8.05. The molecule has 5 nitrogen and oxygen atoms in total. The molecule has 6 heteroatoms. The quantitative estimate of drug-likeness (QED) is 0.581. The zero-order valence-electron chi connectivity index (χ0n) is 13.3. The second-order valence-corrected chi connectivity index (χ2v) is 7.59. The monoisotopic (exact) mass is 316 g/mol. The summed E-state index contributed by atoms with van der Waals surface area (Å²) in [5.41, 5.74) is -0.854. The van der Waals surface area contributed by atoms with Crippen LogP contribution in [0.2, 0.25) is 0 Å². The van der Waals surface area contributed by atoms with Crippen LogP contribution in [-0.4, -0.2) is 59.0 Å². The Kier molecular flexibility index (Phi) is 4.43. The van der Waals surface area contributed by atoms with E-state index in [1.165, 1.54) is 0 Å². The molecule has 0 aromatic carbocycles. The normalized spacial score (nSPS) is 27.6. The first-order valence-electron chi connectivity index (χ1n) is 7.51. The molecule has 1 atom stereocenters. The Morgan fingerprint density at radius 1 is 1.38 bits per heavy atom. The van der Waals surface area contributed by atoms with Crippen LogP contribution in [-0.2, 0) is 9.53 Å². The molecule has 2 rings (SSSR count). The Labute approximate surface area is 131 Å². The Morgan fingerprint density at radius 2 is 1.95 bits per heavy atom. The highest BCUT2D eigenvalue weighted by molar-refractivity contribution is 6.20. The van der Waals surface area contributed by atoms with Gasteiger partial charge >= 0.3 is 6.09 Å². The minimum atomic E-state index is -0.469. The van der Waals surface area contributed by atoms with Crippen LogP contribution in [0.3, 0.4) is 0 Å². The average molecular weight is 317 g/mol. The lowest BCUT2D eigenvalue weighted by Crippen LogP contribution is -2.65. The summed E-state index contributed by atoms with van der Waals surface area (Å²) in [4.78, 5) is 27.8. The predicted octanol–water partition coefficient (Wildman–Crippen LogP) is 2.47. The number of hydrogen-bond donors (Lipinski definition) is 0. The smallest absolute Gasteiger partial charge is 0.410 e. The Morgan fingerprint density at radius 3 is 2.38 bits per heavy atom. The molecule has 2 aliphatic heterocycles. The van der Waals surface area contributed by atoms with Gasteiger partial charge in [0, 0.05) is 31.6 Å². The topological polar surface area (TPSA) is 49.9 Å². The van der Waals surface area contributed by atoms with Gasteiger partial charge in [-0.2, -0.15) is 0 Å². The Hall–Kier alpha value is -0.970. The van der Waals surface area contributed by atoms with Crippen molar-refractivity contribution < 1.29 is 14.3 Å². The minimum absolute atomic E-state index is 0.146. The van der Waals surface area contributed by atoms with E-state index < -0.39 is 5.60 Å². The largest absolute Gasteiger partial charge is 0.444 e. The Bertz CT molecular complexity index is 427. The fourth-order valence-electron chi connectivity index (χ4n) is 2.85. The molecule has 2 amide bonds. The highest BCUT2D eigenvalue weighted by Gasteiger charge is 2.50. The summed E-state index contributed by atoms with van der Waals surface area (Å²) in [7, 11) is 0. The molecular formula is C15H25ClN2O3. The third-order valence-electron chi connectivity index (χ3n) is 4.15. The predicted molar refractivity (Wildman–Crippen MR) is 81.4 cm³/mol. The first kappa shape index (κ1) is 16.4. The molecule has 21 heavy (non-hydrogen) atoms. The van der Waals surface area contributed by atoms with E-state index in [-0.39, 0.29) is 23.5 Å². The van der Waals surface area contributed by atoms with Gasteiger partial charge in [-0.15, -0.1) is 11.6 Å². The number of hydrogen-bond acceptors (Lipinski definition) is 3. The summed E-state index contributed by atoms with van der Waals surface area (Å²) in [6.45, 7) is 9.51. The van der Waals surface area contributed by atoms with Gasteiger partial charge < -0.3 is 14.5 Å². The maximum atomic E-state index is 12.2. The molecule has 2 aliphatic rings. The lowest BCUT2D eigenvalue weighted by atomic mass is 9.80. The van der Waals surface area contributed by atoms with Crippen molar-refractivity contribution in [3.05, 3.63) is 0 Å². The van der Waals surface area contributed by atoms with E-state index in [1.54, 1.807) is 4.90 Å². The molecule has 120 valence electrons. The standard InChI is InChI=1S/C15H25ClN2O3/c1-14(2,3)21-13(20)17-7-5-11(6-8-17)18-10-15(4,9-16)12(18)19/h11H,5-10H2,1-4H3. The number of ether oxygens (including phenoxy) is 1. The molecule has 0 radical (unpaired) electrons. The molecule has 0 aliphatic carbocycles. The van der Waals surface area contributed by atoms with E-state index in [9.17, 15) is 9.59 Å². The number of alkyl halides is 1. The number of piperidine rings is 1. The molecule has 2 heterocycles. The first-order chi connectivity index (χ1) is 9.66. The summed E-state index contributed by atoms with van der Waals surface area (Å²) in [6.07, 6.45) is 1.36. The van der Waals surface area contributed by atoms with Crippen molar-refractivity contribution in [3.8, 4) is 0 Å². The maximum Gasteiger partial charge on any atom is 0.410 e. The van der Waals surface area contributed by atoms with Crippen LogP contribution in [0.1, 0.15) is 40.5 Å². The van der Waals surface area contributed by atoms with Gasteiger partial charge in [-0.25, -0.2) is 4.79 Å². The molecule has 2 fully saturated rings. The van der Waals surface area contributed by atoms with E-state index >= 15 is 0 Å². The molecule has 0 bridgehead atoms. The molecule has 1 unspecified atom stereocenters. The number of nitrogens with zero attached hydrogens (tertiary/aromatic N) is 2. The zero-order valence-corrected chi connectivity index (χ0v) is 14.1. The van der Waals surface area contributed by atoms with Crippen LogP contribution in [0.25, 0.3) is 0 Å². The average Bonchev–Trinajstić information content (AvgIpc) is 2.42. The van der Waals surface area contributed by atoms with Crippen LogP contribution < -0.4 is 0 Å². The lowest BCUT2D eigenvalue weighted by Gasteiger charge is -2.51. The summed E-state index contributed by atoms with van der Waals surface area (Å²) in [6, 6.07) is 0.229. The molecule has 0 N–H and O–H groups in total. The summed E-state index contributed by atoms with van der Waals surface area (Å²) in [5.74, 6) is 0.521. The van der Waals surface area contributed by atoms with E-state index in [2.05, 4.69) is 0 Å². The van der Waals surface area contributed by atoms with Crippen molar-refractivity contribution in [3.63, 3.8) is 0 Å². The van der Waals surface area contributed by atoms with E-state index in [1.807, 2.05) is 32.6 Å². The van der Waals surface area contributed by atoms with Crippen LogP contribution in [0.5, 0.6) is 0 Å². The number of amides is 2. The van der Waals surface area contributed by atoms with Crippen molar-refractivity contribution in [2.75, 3.05) is 25.5 Å². The number of carbonyl (C=O) groups excluding carboxylic acids is 2. The summed E-state index contributed by atoms with van der Waals surface area (Å²) in [5, 5.41) is 0. The van der Waals surface area contributed by atoms with Gasteiger partial charge in [-0.3, -0.25) is 4.79 Å². The van der Waals surface area contributed by atoms with E-state index in [0.29, 0.717) is 19.0 Å². The van der Waals surface area contributed by atoms with E-state index in [0.717, 1.165) is 19.4 Å². The van der Waals surface area contributed by atoms with Gasteiger partial charge in [-0.1, -0.05) is 0 Å². The lowest BCUT2D eigenvalue weighted by molar-refractivity contribution is -0.161. The summed E-state index contributed by atoms with van der Waals surface area (Å²) >= 11 is 5.85. The number of carbonyl (C=O) groups is 2. The van der Waals surface area contributed by atoms with Gasteiger partial charge in [0.25, 0.3) is 0 Å². The van der Waals surface area contributed by atoms with Gasteiger partial charge in [0.15, 0.2) is 0 Å². The SMILES string of the molecule is CC(C)(C)OC(=O)N1CCC(N2CC(C)(CCl)C2=O)CC1. The summed E-state index contributed by atoms with van der Waals surface area (Å²) < 4.78 is 5.37. The van der Waals surface area contributed by atoms with Crippen molar-refractivity contribution in [1.82, 2.24) is 9.80 Å². The number of likely N-dealkylation sites (tertiary alicyclic amines) is 2. The zero-order chi connectivity index (χ0) is 15.8. The molecule has 0 spiro atoms. The van der Waals surface area contributed by atoms with Gasteiger partial charge in [0.1, 0.15) is 5.60 Å². The molecule has 0 aromatic heterocycles. The third-order valence-corrected chi connectivity index (χ3v) is 4.74. The highest BCUT2D eigenvalue weighted by atomic mass is 35.5. The van der Waals surface area contributed by atoms with Crippen LogP contribution in [0.15, 0.2) is 0 Å². The van der Waals surface area contributed by atoms with Crippen LogP contribution >= 0.6 is 11.6 Å². The highest BCUT2D eigenvalue weighted by Crippen LogP contribution is 2.36. The Balaban J connectivity index is 1.82. The molecular weight excluding hydrogens is 292 g/mol. The van der Waals surface area contributed by atoms with Crippen molar-refractivity contribution in [1.29, 1.82) is 0 Å². The minimum Gasteiger partial charge on any atom is -0.444 e. The van der Waals surface area contributed by atoms with E-state index in [4.69, 9.17) is 16.3 Å². The number of rotatable bonds is 2. The van der Waals surface area contributed by atoms with Crippen molar-refractivity contribution in [2.45, 2.75) is 52.2 Å². The molecule has 2 saturated heterocycles. The maximum absolute atomic E-state index is 12.2. The fraction of sp³-hybridized carbons (Fsp3) is 0.867. The fourth-order valence-corrected chi connectivity index (χ4v) is 3.05. The third kappa shape index (κ3) is 3.44. The van der Waals surface area contributed by atoms with Gasteiger partial charge in [0.05, 0.1) is 5.41 Å². The van der Waals surface area contributed by atoms with Gasteiger partial charge in [-0.05, 0) is 40.5 Å². The van der Waals surface area contributed by atoms with Crippen LogP contribution in [0.4, 0.5) is 4.79 Å². The number of halogens is 1.